The lowest BCUT2D eigenvalue weighted by Gasteiger charge is -2.12. The summed E-state index contributed by atoms with van der Waals surface area (Å²) in [5, 5.41) is 14.8. The number of anilines is 1. The number of furan rings is 1. The van der Waals surface area contributed by atoms with Crippen LogP contribution in [0.5, 0.6) is 0 Å². The molecule has 148 valence electrons. The first-order valence-electron chi connectivity index (χ1n) is 9.02. The molecule has 0 unspecified atom stereocenters. The quantitative estimate of drug-likeness (QED) is 0.533. The predicted octanol–water partition coefficient (Wildman–Crippen LogP) is 4.64. The summed E-state index contributed by atoms with van der Waals surface area (Å²) < 4.78 is 5.38. The molecule has 1 heterocycles. The Morgan fingerprint density at radius 3 is 2.41 bits per heavy atom. The van der Waals surface area contributed by atoms with E-state index in [9.17, 15) is 9.59 Å². The Kier molecular flexibility index (Phi) is 6.09. The zero-order valence-electron chi connectivity index (χ0n) is 16.0. The van der Waals surface area contributed by atoms with E-state index in [2.05, 4.69) is 17.6 Å². The Labute approximate surface area is 173 Å². The Balaban J connectivity index is 1.71. The molecular weight excluding hydrogens is 388 g/mol. The van der Waals surface area contributed by atoms with Gasteiger partial charge in [-0.3, -0.25) is 10.1 Å². The van der Waals surface area contributed by atoms with Crippen LogP contribution in [0.2, 0.25) is 0 Å². The summed E-state index contributed by atoms with van der Waals surface area (Å²) in [6.07, 6.45) is 0.904. The van der Waals surface area contributed by atoms with Gasteiger partial charge in [-0.1, -0.05) is 25.1 Å². The molecule has 0 aliphatic rings. The molecule has 0 atom stereocenters. The van der Waals surface area contributed by atoms with Crippen LogP contribution < -0.4 is 10.6 Å². The SMILES string of the molecule is CCc1ccc(C(=O)NC(=S)Nc2ccc(C)c(-c3ccc(C(=O)O)o3)c2)cc1. The van der Waals surface area contributed by atoms with Crippen molar-refractivity contribution in [1.82, 2.24) is 5.32 Å². The number of carbonyl (C=O) groups excluding carboxylic acids is 1. The minimum absolute atomic E-state index is 0.130. The highest BCUT2D eigenvalue weighted by molar-refractivity contribution is 7.80. The number of aryl methyl sites for hydroxylation is 2. The van der Waals surface area contributed by atoms with Crippen LogP contribution in [0.4, 0.5) is 5.69 Å². The molecule has 0 fully saturated rings. The maximum absolute atomic E-state index is 12.3. The summed E-state index contributed by atoms with van der Waals surface area (Å²) in [6.45, 7) is 3.94. The van der Waals surface area contributed by atoms with E-state index in [0.29, 0.717) is 17.0 Å². The molecule has 3 N–H and O–H groups in total. The first-order valence-corrected chi connectivity index (χ1v) is 9.43. The van der Waals surface area contributed by atoms with Crippen molar-refractivity contribution in [3.05, 3.63) is 77.0 Å². The average Bonchev–Trinajstić information content (AvgIpc) is 3.20. The van der Waals surface area contributed by atoms with E-state index in [0.717, 1.165) is 23.1 Å². The lowest BCUT2D eigenvalue weighted by molar-refractivity contribution is 0.0663. The van der Waals surface area contributed by atoms with Crippen molar-refractivity contribution >= 4 is 34.9 Å². The van der Waals surface area contributed by atoms with Gasteiger partial charge in [0.1, 0.15) is 5.76 Å². The molecule has 3 rings (SSSR count). The summed E-state index contributed by atoms with van der Waals surface area (Å²) in [5.74, 6) is -1.11. The topological polar surface area (TPSA) is 91.6 Å². The van der Waals surface area contributed by atoms with E-state index in [-0.39, 0.29) is 16.8 Å². The molecule has 6 nitrogen and oxygen atoms in total. The van der Waals surface area contributed by atoms with Crippen molar-refractivity contribution in [2.24, 2.45) is 0 Å². The summed E-state index contributed by atoms with van der Waals surface area (Å²) in [4.78, 5) is 23.4. The van der Waals surface area contributed by atoms with Crippen LogP contribution in [0.1, 0.15) is 39.0 Å². The van der Waals surface area contributed by atoms with Gasteiger partial charge in [-0.2, -0.15) is 0 Å². The normalized spacial score (nSPS) is 10.4. The molecule has 1 aromatic heterocycles. The average molecular weight is 408 g/mol. The summed E-state index contributed by atoms with van der Waals surface area (Å²) in [7, 11) is 0. The smallest absolute Gasteiger partial charge is 0.371 e. The minimum Gasteiger partial charge on any atom is -0.475 e. The highest BCUT2D eigenvalue weighted by Crippen LogP contribution is 2.28. The van der Waals surface area contributed by atoms with E-state index in [1.54, 1.807) is 24.3 Å². The molecule has 0 aliphatic carbocycles. The molecule has 0 saturated heterocycles. The molecule has 0 radical (unpaired) electrons. The summed E-state index contributed by atoms with van der Waals surface area (Å²) >= 11 is 5.25. The van der Waals surface area contributed by atoms with Crippen LogP contribution in [0.25, 0.3) is 11.3 Å². The molecule has 0 aliphatic heterocycles. The second-order valence-electron chi connectivity index (χ2n) is 6.46. The zero-order chi connectivity index (χ0) is 21.0. The number of amides is 1. The molecule has 0 bridgehead atoms. The van der Waals surface area contributed by atoms with E-state index in [1.807, 2.05) is 31.2 Å². The van der Waals surface area contributed by atoms with Gasteiger partial charge in [-0.15, -0.1) is 0 Å². The summed E-state index contributed by atoms with van der Waals surface area (Å²) in [6, 6.07) is 15.8. The van der Waals surface area contributed by atoms with Crippen molar-refractivity contribution in [3.8, 4) is 11.3 Å². The number of thiocarbonyl (C=S) groups is 1. The lowest BCUT2D eigenvalue weighted by Crippen LogP contribution is -2.34. The van der Waals surface area contributed by atoms with Crippen LogP contribution >= 0.6 is 12.2 Å². The number of aromatic carboxylic acids is 1. The minimum atomic E-state index is -1.13. The van der Waals surface area contributed by atoms with Crippen molar-refractivity contribution in [2.75, 3.05) is 5.32 Å². The number of carbonyl (C=O) groups is 2. The highest BCUT2D eigenvalue weighted by Gasteiger charge is 2.13. The molecule has 0 spiro atoms. The van der Waals surface area contributed by atoms with Crippen molar-refractivity contribution < 1.29 is 19.1 Å². The van der Waals surface area contributed by atoms with Crippen LogP contribution in [0.3, 0.4) is 0 Å². The van der Waals surface area contributed by atoms with Gasteiger partial charge in [0.25, 0.3) is 5.91 Å². The number of carboxylic acids is 1. The van der Waals surface area contributed by atoms with Crippen molar-refractivity contribution in [2.45, 2.75) is 20.3 Å². The maximum atomic E-state index is 12.3. The van der Waals surface area contributed by atoms with Crippen LogP contribution in [0.15, 0.2) is 59.0 Å². The molecule has 29 heavy (non-hydrogen) atoms. The van der Waals surface area contributed by atoms with Gasteiger partial charge in [0.05, 0.1) is 0 Å². The van der Waals surface area contributed by atoms with Crippen LogP contribution in [-0.2, 0) is 6.42 Å². The number of hydrogen-bond acceptors (Lipinski definition) is 4. The maximum Gasteiger partial charge on any atom is 0.371 e. The van der Waals surface area contributed by atoms with Crippen molar-refractivity contribution in [3.63, 3.8) is 0 Å². The van der Waals surface area contributed by atoms with Crippen molar-refractivity contribution in [1.29, 1.82) is 0 Å². The lowest BCUT2D eigenvalue weighted by atomic mass is 10.1. The Hall–Kier alpha value is -3.45. The second-order valence-corrected chi connectivity index (χ2v) is 6.87. The molecule has 2 aromatic carbocycles. The zero-order valence-corrected chi connectivity index (χ0v) is 16.8. The van der Waals surface area contributed by atoms with Gasteiger partial charge >= 0.3 is 5.97 Å². The number of rotatable bonds is 5. The van der Waals surface area contributed by atoms with Gasteiger partial charge in [0, 0.05) is 16.8 Å². The van der Waals surface area contributed by atoms with Crippen LogP contribution in [-0.4, -0.2) is 22.1 Å². The molecule has 7 heteroatoms. The van der Waals surface area contributed by atoms with E-state index in [4.69, 9.17) is 21.7 Å². The monoisotopic (exact) mass is 408 g/mol. The standard InChI is InChI=1S/C22H20N2O4S/c1-3-14-5-7-15(8-6-14)20(25)24-22(29)23-16-9-4-13(2)17(12-16)18-10-11-19(28-18)21(26)27/h4-12H,3H2,1-2H3,(H,26,27)(H2,23,24,25,29). The third-order valence-electron chi connectivity index (χ3n) is 4.43. The molecule has 1 amide bonds. The third-order valence-corrected chi connectivity index (χ3v) is 4.63. The predicted molar refractivity (Wildman–Crippen MR) is 115 cm³/mol. The first kappa shape index (κ1) is 20.3. The Morgan fingerprint density at radius 2 is 1.79 bits per heavy atom. The fourth-order valence-corrected chi connectivity index (χ4v) is 3.00. The van der Waals surface area contributed by atoms with E-state index in [1.165, 1.54) is 6.07 Å². The largest absolute Gasteiger partial charge is 0.475 e. The second kappa shape index (κ2) is 8.70. The van der Waals surface area contributed by atoms with Gasteiger partial charge in [0.15, 0.2) is 5.11 Å². The van der Waals surface area contributed by atoms with Gasteiger partial charge in [-0.05, 0) is 73.1 Å². The summed E-state index contributed by atoms with van der Waals surface area (Å²) in [5.41, 5.74) is 3.95. The number of hydrogen-bond donors (Lipinski definition) is 3. The number of nitrogens with one attached hydrogen (secondary N) is 2. The number of benzene rings is 2. The Morgan fingerprint density at radius 1 is 1.07 bits per heavy atom. The fraction of sp³-hybridized carbons (Fsp3) is 0.136. The van der Waals surface area contributed by atoms with E-state index >= 15 is 0 Å². The van der Waals surface area contributed by atoms with Gasteiger partial charge in [0.2, 0.25) is 5.76 Å². The van der Waals surface area contributed by atoms with E-state index < -0.39 is 5.97 Å². The number of carboxylic acid groups (broad SMARTS) is 1. The molecule has 0 saturated carbocycles. The van der Waals surface area contributed by atoms with Gasteiger partial charge < -0.3 is 14.8 Å². The molecular formula is C22H20N2O4S. The highest BCUT2D eigenvalue weighted by atomic mass is 32.1. The first-order chi connectivity index (χ1) is 13.9. The third kappa shape index (κ3) is 4.89. The van der Waals surface area contributed by atoms with Crippen LogP contribution in [0, 0.1) is 6.92 Å². The Bertz CT molecular complexity index is 1070. The molecule has 3 aromatic rings. The van der Waals surface area contributed by atoms with Gasteiger partial charge in [-0.25, -0.2) is 4.79 Å². The fourth-order valence-electron chi connectivity index (χ4n) is 2.79.